The molecule has 2 aromatic carbocycles. The van der Waals surface area contributed by atoms with Gasteiger partial charge >= 0.3 is 0 Å². The van der Waals surface area contributed by atoms with Gasteiger partial charge < -0.3 is 9.88 Å². The number of amides is 1. The normalized spacial score (nSPS) is 11.5. The Morgan fingerprint density at radius 1 is 1.13 bits per heavy atom. The molecule has 1 N–H and O–H groups in total. The van der Waals surface area contributed by atoms with Crippen LogP contribution in [0.4, 0.5) is 0 Å². The Balaban J connectivity index is 1.57. The van der Waals surface area contributed by atoms with Crippen LogP contribution in [0.2, 0.25) is 0 Å². The molecule has 0 spiro atoms. The summed E-state index contributed by atoms with van der Waals surface area (Å²) in [5, 5.41) is 13.4. The number of rotatable bonds is 8. The van der Waals surface area contributed by atoms with Crippen molar-refractivity contribution in [2.45, 2.75) is 44.4 Å². The monoisotopic (exact) mass is 497 g/mol. The highest BCUT2D eigenvalue weighted by Gasteiger charge is 2.15. The Labute approximate surface area is 194 Å². The van der Waals surface area contributed by atoms with E-state index in [0.717, 1.165) is 38.7 Å². The molecule has 1 amide bonds. The maximum absolute atomic E-state index is 11.8. The predicted molar refractivity (Wildman–Crippen MR) is 129 cm³/mol. The molecule has 0 aliphatic rings. The summed E-state index contributed by atoms with van der Waals surface area (Å²) in [4.78, 5) is 16.6. The third-order valence-corrected chi connectivity index (χ3v) is 6.29. The number of halogens is 1. The molecule has 0 atom stereocenters. The molecule has 0 aliphatic carbocycles. The number of hydrogen-bond acceptors (Lipinski definition) is 5. The summed E-state index contributed by atoms with van der Waals surface area (Å²) in [7, 11) is 0. The SMILES string of the molecule is CC(C)NC(=O)CCCSc1nnc2c3ccccc3n(Cc3ccc(Br)cc3)c2n1. The van der Waals surface area contributed by atoms with Gasteiger partial charge in [0.25, 0.3) is 0 Å². The van der Waals surface area contributed by atoms with Crippen LogP contribution in [0.25, 0.3) is 22.1 Å². The number of aromatic nitrogens is 4. The number of carbonyl (C=O) groups excluding carboxylic acids is 1. The zero-order valence-corrected chi connectivity index (χ0v) is 19.9. The van der Waals surface area contributed by atoms with Crippen molar-refractivity contribution in [1.29, 1.82) is 0 Å². The van der Waals surface area contributed by atoms with Crippen molar-refractivity contribution in [1.82, 2.24) is 25.1 Å². The van der Waals surface area contributed by atoms with E-state index in [1.54, 1.807) is 0 Å². The van der Waals surface area contributed by atoms with Gasteiger partial charge in [-0.1, -0.05) is 58.0 Å². The minimum atomic E-state index is 0.0831. The van der Waals surface area contributed by atoms with Crippen molar-refractivity contribution in [3.05, 3.63) is 58.6 Å². The second-order valence-electron chi connectivity index (χ2n) is 7.67. The summed E-state index contributed by atoms with van der Waals surface area (Å²) in [5.74, 6) is 0.853. The molecule has 0 saturated carbocycles. The van der Waals surface area contributed by atoms with Crippen molar-refractivity contribution in [3.8, 4) is 0 Å². The lowest BCUT2D eigenvalue weighted by Gasteiger charge is -2.08. The third kappa shape index (κ3) is 5.25. The van der Waals surface area contributed by atoms with Crippen molar-refractivity contribution in [2.75, 3.05) is 5.75 Å². The maximum Gasteiger partial charge on any atom is 0.220 e. The molecule has 8 heteroatoms. The molecular weight excluding hydrogens is 474 g/mol. The first-order chi connectivity index (χ1) is 15.0. The molecule has 0 bridgehead atoms. The minimum absolute atomic E-state index is 0.0831. The molecule has 160 valence electrons. The van der Waals surface area contributed by atoms with E-state index in [9.17, 15) is 4.79 Å². The fraction of sp³-hybridized carbons (Fsp3) is 0.304. The van der Waals surface area contributed by atoms with Crippen molar-refractivity contribution >= 4 is 55.7 Å². The lowest BCUT2D eigenvalue weighted by Crippen LogP contribution is -2.29. The summed E-state index contributed by atoms with van der Waals surface area (Å²) in [5.41, 5.74) is 3.93. The first-order valence-electron chi connectivity index (χ1n) is 10.3. The van der Waals surface area contributed by atoms with E-state index in [2.05, 4.69) is 60.3 Å². The summed E-state index contributed by atoms with van der Waals surface area (Å²) in [6.45, 7) is 4.64. The van der Waals surface area contributed by atoms with E-state index in [1.807, 2.05) is 38.1 Å². The van der Waals surface area contributed by atoms with Crippen LogP contribution in [-0.4, -0.2) is 37.5 Å². The van der Waals surface area contributed by atoms with Gasteiger partial charge in [0, 0.05) is 34.6 Å². The molecule has 4 aromatic rings. The lowest BCUT2D eigenvalue weighted by molar-refractivity contribution is -0.121. The zero-order chi connectivity index (χ0) is 21.8. The average molecular weight is 498 g/mol. The highest BCUT2D eigenvalue weighted by atomic mass is 79.9. The summed E-state index contributed by atoms with van der Waals surface area (Å²) in [6.07, 6.45) is 1.27. The zero-order valence-electron chi connectivity index (χ0n) is 17.5. The second-order valence-corrected chi connectivity index (χ2v) is 9.65. The fourth-order valence-corrected chi connectivity index (χ4v) is 4.46. The largest absolute Gasteiger partial charge is 0.354 e. The Kier molecular flexibility index (Phi) is 6.87. The van der Waals surface area contributed by atoms with E-state index in [0.29, 0.717) is 18.1 Å². The fourth-order valence-electron chi connectivity index (χ4n) is 3.47. The van der Waals surface area contributed by atoms with Gasteiger partial charge in [-0.05, 0) is 44.0 Å². The Morgan fingerprint density at radius 2 is 1.90 bits per heavy atom. The third-order valence-electron chi connectivity index (χ3n) is 4.84. The molecule has 4 rings (SSSR count). The van der Waals surface area contributed by atoms with E-state index < -0.39 is 0 Å². The van der Waals surface area contributed by atoms with Gasteiger partial charge in [0.15, 0.2) is 5.65 Å². The number of thioether (sulfide) groups is 1. The predicted octanol–water partition coefficient (Wildman–Crippen LogP) is 5.19. The highest BCUT2D eigenvalue weighted by Crippen LogP contribution is 2.28. The van der Waals surface area contributed by atoms with Gasteiger partial charge in [0.05, 0.1) is 5.52 Å². The smallest absolute Gasteiger partial charge is 0.220 e. The maximum atomic E-state index is 11.8. The Bertz CT molecular complexity index is 1210. The molecule has 6 nitrogen and oxygen atoms in total. The highest BCUT2D eigenvalue weighted by molar-refractivity contribution is 9.10. The van der Waals surface area contributed by atoms with Gasteiger partial charge in [-0.15, -0.1) is 10.2 Å². The second kappa shape index (κ2) is 9.78. The van der Waals surface area contributed by atoms with Gasteiger partial charge in [0.1, 0.15) is 5.52 Å². The molecule has 0 unspecified atom stereocenters. The van der Waals surface area contributed by atoms with E-state index in [4.69, 9.17) is 4.98 Å². The van der Waals surface area contributed by atoms with Crippen LogP contribution >= 0.6 is 27.7 Å². The first kappa shape index (κ1) is 21.8. The first-order valence-corrected chi connectivity index (χ1v) is 12.1. The molecule has 0 aliphatic heterocycles. The van der Waals surface area contributed by atoms with Crippen molar-refractivity contribution in [2.24, 2.45) is 0 Å². The van der Waals surface area contributed by atoms with Gasteiger partial charge in [-0.3, -0.25) is 4.79 Å². The molecule has 2 aromatic heterocycles. The van der Waals surface area contributed by atoms with E-state index in [-0.39, 0.29) is 11.9 Å². The standard InChI is InChI=1S/C23H24BrN5OS/c1-15(2)25-20(30)8-5-13-31-23-26-22-21(27-28-23)18-6-3-4-7-19(18)29(22)14-16-9-11-17(24)12-10-16/h3-4,6-7,9-12,15H,5,8,13-14H2,1-2H3,(H,25,30). The number of para-hydroxylation sites is 1. The number of hydrogen-bond donors (Lipinski definition) is 1. The quantitative estimate of drug-likeness (QED) is 0.268. The Hall–Kier alpha value is -2.45. The summed E-state index contributed by atoms with van der Waals surface area (Å²) < 4.78 is 3.26. The molecular formula is C23H24BrN5OS. The van der Waals surface area contributed by atoms with Gasteiger partial charge in [-0.2, -0.15) is 0 Å². The van der Waals surface area contributed by atoms with Crippen LogP contribution in [0.1, 0.15) is 32.3 Å². The molecule has 0 saturated heterocycles. The molecule has 2 heterocycles. The van der Waals surface area contributed by atoms with Gasteiger partial charge in [-0.25, -0.2) is 4.98 Å². The van der Waals surface area contributed by atoms with Crippen LogP contribution in [0, 0.1) is 0 Å². The number of fused-ring (bicyclic) bond motifs is 3. The van der Waals surface area contributed by atoms with Crippen LogP contribution in [0.3, 0.4) is 0 Å². The van der Waals surface area contributed by atoms with E-state index >= 15 is 0 Å². The van der Waals surface area contributed by atoms with Crippen LogP contribution in [-0.2, 0) is 11.3 Å². The van der Waals surface area contributed by atoms with Gasteiger partial charge in [0.2, 0.25) is 11.1 Å². The number of carbonyl (C=O) groups is 1. The molecule has 0 fully saturated rings. The topological polar surface area (TPSA) is 72.7 Å². The van der Waals surface area contributed by atoms with Crippen LogP contribution in [0.15, 0.2) is 58.2 Å². The molecule has 31 heavy (non-hydrogen) atoms. The number of benzene rings is 2. The van der Waals surface area contributed by atoms with Crippen molar-refractivity contribution < 1.29 is 4.79 Å². The van der Waals surface area contributed by atoms with E-state index in [1.165, 1.54) is 17.3 Å². The minimum Gasteiger partial charge on any atom is -0.354 e. The molecule has 0 radical (unpaired) electrons. The number of nitrogens with one attached hydrogen (secondary N) is 1. The van der Waals surface area contributed by atoms with Crippen LogP contribution < -0.4 is 5.32 Å². The summed E-state index contributed by atoms with van der Waals surface area (Å²) in [6, 6.07) is 16.7. The van der Waals surface area contributed by atoms with Crippen LogP contribution in [0.5, 0.6) is 0 Å². The van der Waals surface area contributed by atoms with Crippen molar-refractivity contribution in [3.63, 3.8) is 0 Å². The lowest BCUT2D eigenvalue weighted by atomic mass is 10.2. The summed E-state index contributed by atoms with van der Waals surface area (Å²) >= 11 is 5.04. The number of nitrogens with zero attached hydrogens (tertiary/aromatic N) is 4. The average Bonchev–Trinajstić information content (AvgIpc) is 3.05. The Morgan fingerprint density at radius 3 is 2.68 bits per heavy atom.